The lowest BCUT2D eigenvalue weighted by molar-refractivity contribution is -0.137. The molecule has 0 radical (unpaired) electrons. The summed E-state index contributed by atoms with van der Waals surface area (Å²) in [6.07, 6.45) is -3.10. The minimum absolute atomic E-state index is 0. The fraction of sp³-hybridized carbons (Fsp3) is 0.500. The maximum Gasteiger partial charge on any atom is 0.416 e. The summed E-state index contributed by atoms with van der Waals surface area (Å²) in [5.41, 5.74) is -1.09. The molecule has 1 fully saturated rings. The van der Waals surface area contributed by atoms with Gasteiger partial charge in [-0.05, 0) is 44.1 Å². The summed E-state index contributed by atoms with van der Waals surface area (Å²) in [4.78, 5) is 25.2. The molecule has 0 atom stereocenters. The van der Waals surface area contributed by atoms with E-state index in [9.17, 15) is 22.8 Å². The van der Waals surface area contributed by atoms with Crippen LogP contribution < -0.4 is 10.6 Å². The van der Waals surface area contributed by atoms with Gasteiger partial charge in [0.1, 0.15) is 0 Å². The van der Waals surface area contributed by atoms with Crippen molar-refractivity contribution in [1.29, 1.82) is 0 Å². The Labute approximate surface area is 150 Å². The highest BCUT2D eigenvalue weighted by Gasteiger charge is 2.33. The number of alkyl halides is 3. The monoisotopic (exact) mass is 379 g/mol. The Morgan fingerprint density at radius 2 is 1.80 bits per heavy atom. The standard InChI is InChI=1S/C16H20F3N3O2.ClH/c1-10(23)21-13-8-11(7-12(9-13)16(17,18)19)15(24)22(2)14-3-5-20-6-4-14;/h7-9,14,20H,3-6H2,1-2H3,(H,21,23);1H. The molecule has 0 aliphatic carbocycles. The zero-order valence-electron chi connectivity index (χ0n) is 13.9. The van der Waals surface area contributed by atoms with Crippen LogP contribution in [0.3, 0.4) is 0 Å². The van der Waals surface area contributed by atoms with Crippen molar-refractivity contribution in [2.45, 2.75) is 32.0 Å². The van der Waals surface area contributed by atoms with E-state index in [2.05, 4.69) is 10.6 Å². The molecule has 140 valence electrons. The molecule has 2 N–H and O–H groups in total. The molecule has 1 heterocycles. The first kappa shape index (κ1) is 21.2. The number of carbonyl (C=O) groups excluding carboxylic acids is 2. The van der Waals surface area contributed by atoms with Gasteiger partial charge in [0, 0.05) is 31.3 Å². The molecule has 1 aromatic carbocycles. The summed E-state index contributed by atoms with van der Waals surface area (Å²) in [6, 6.07) is 2.90. The molecule has 0 saturated carbocycles. The van der Waals surface area contributed by atoms with Crippen molar-refractivity contribution in [3.8, 4) is 0 Å². The van der Waals surface area contributed by atoms with E-state index in [0.29, 0.717) is 0 Å². The lowest BCUT2D eigenvalue weighted by Gasteiger charge is -2.32. The number of rotatable bonds is 3. The van der Waals surface area contributed by atoms with Crippen LogP contribution >= 0.6 is 12.4 Å². The Morgan fingerprint density at radius 1 is 1.20 bits per heavy atom. The molecule has 2 amide bonds. The topological polar surface area (TPSA) is 61.4 Å². The first-order chi connectivity index (χ1) is 11.2. The second-order valence-electron chi connectivity index (χ2n) is 5.88. The molecule has 1 aliphatic rings. The number of halogens is 4. The summed E-state index contributed by atoms with van der Waals surface area (Å²) < 4.78 is 39.2. The van der Waals surface area contributed by atoms with Crippen LogP contribution in [0.5, 0.6) is 0 Å². The SMILES string of the molecule is CC(=O)Nc1cc(C(=O)N(C)C2CCNCC2)cc(C(F)(F)F)c1.Cl. The second-order valence-corrected chi connectivity index (χ2v) is 5.88. The fourth-order valence-electron chi connectivity index (χ4n) is 2.75. The van der Waals surface area contributed by atoms with Gasteiger partial charge in [0.05, 0.1) is 5.56 Å². The highest BCUT2D eigenvalue weighted by atomic mass is 35.5. The molecule has 0 aromatic heterocycles. The molecule has 1 saturated heterocycles. The summed E-state index contributed by atoms with van der Waals surface area (Å²) in [7, 11) is 1.59. The van der Waals surface area contributed by atoms with Crippen LogP contribution in [0, 0.1) is 0 Å². The van der Waals surface area contributed by atoms with E-state index in [1.807, 2.05) is 0 Å². The van der Waals surface area contributed by atoms with Crippen molar-refractivity contribution in [2.75, 3.05) is 25.5 Å². The number of anilines is 1. The Kier molecular flexibility index (Phi) is 7.25. The summed E-state index contributed by atoms with van der Waals surface area (Å²) in [5, 5.41) is 5.49. The normalized spacial score (nSPS) is 15.2. The van der Waals surface area contributed by atoms with Crippen molar-refractivity contribution in [3.63, 3.8) is 0 Å². The van der Waals surface area contributed by atoms with Crippen LogP contribution in [0.4, 0.5) is 18.9 Å². The highest BCUT2D eigenvalue weighted by molar-refractivity contribution is 5.97. The molecule has 9 heteroatoms. The summed E-state index contributed by atoms with van der Waals surface area (Å²) >= 11 is 0. The first-order valence-corrected chi connectivity index (χ1v) is 7.66. The predicted octanol–water partition coefficient (Wildman–Crippen LogP) is 2.91. The molecule has 5 nitrogen and oxygen atoms in total. The Morgan fingerprint density at radius 3 is 2.32 bits per heavy atom. The van der Waals surface area contributed by atoms with Crippen LogP contribution in [0.2, 0.25) is 0 Å². The van der Waals surface area contributed by atoms with E-state index >= 15 is 0 Å². The van der Waals surface area contributed by atoms with Gasteiger partial charge >= 0.3 is 6.18 Å². The third-order valence-corrected chi connectivity index (χ3v) is 4.00. The fourth-order valence-corrected chi connectivity index (χ4v) is 2.75. The third kappa shape index (κ3) is 5.61. The quantitative estimate of drug-likeness (QED) is 0.849. The van der Waals surface area contributed by atoms with E-state index in [0.717, 1.165) is 38.1 Å². The molecule has 0 spiro atoms. The van der Waals surface area contributed by atoms with Gasteiger partial charge in [0.15, 0.2) is 0 Å². The molecule has 1 aliphatic heterocycles. The van der Waals surface area contributed by atoms with Crippen molar-refractivity contribution >= 4 is 29.9 Å². The van der Waals surface area contributed by atoms with Gasteiger partial charge in [0.2, 0.25) is 5.91 Å². The maximum absolute atomic E-state index is 13.1. The molecular formula is C16H21ClF3N3O2. The average Bonchev–Trinajstić information content (AvgIpc) is 2.52. The summed E-state index contributed by atoms with van der Waals surface area (Å²) in [5.74, 6) is -0.987. The maximum atomic E-state index is 13.1. The molecular weight excluding hydrogens is 359 g/mol. The molecule has 25 heavy (non-hydrogen) atoms. The molecule has 0 unspecified atom stereocenters. The first-order valence-electron chi connectivity index (χ1n) is 7.66. The van der Waals surface area contributed by atoms with Gasteiger partial charge in [-0.3, -0.25) is 9.59 Å². The molecule has 0 bridgehead atoms. The van der Waals surface area contributed by atoms with Gasteiger partial charge in [-0.15, -0.1) is 12.4 Å². The van der Waals surface area contributed by atoms with E-state index in [4.69, 9.17) is 0 Å². The Hall–Kier alpha value is -1.80. The lowest BCUT2D eigenvalue weighted by Crippen LogP contribution is -2.44. The number of nitrogens with one attached hydrogen (secondary N) is 2. The summed E-state index contributed by atoms with van der Waals surface area (Å²) in [6.45, 7) is 2.73. The third-order valence-electron chi connectivity index (χ3n) is 4.00. The number of amides is 2. The molecule has 2 rings (SSSR count). The van der Waals surface area contributed by atoms with Crippen molar-refractivity contribution < 1.29 is 22.8 Å². The van der Waals surface area contributed by atoms with Gasteiger partial charge < -0.3 is 15.5 Å². The second kappa shape index (κ2) is 8.53. The van der Waals surface area contributed by atoms with E-state index < -0.39 is 23.6 Å². The van der Waals surface area contributed by atoms with E-state index in [1.54, 1.807) is 7.05 Å². The minimum Gasteiger partial charge on any atom is -0.339 e. The Balaban J connectivity index is 0.00000312. The number of benzene rings is 1. The highest BCUT2D eigenvalue weighted by Crippen LogP contribution is 2.32. The number of hydrogen-bond donors (Lipinski definition) is 2. The number of carbonyl (C=O) groups is 2. The Bertz CT molecular complexity index is 632. The van der Waals surface area contributed by atoms with Crippen LogP contribution in [0.1, 0.15) is 35.7 Å². The largest absolute Gasteiger partial charge is 0.416 e. The lowest BCUT2D eigenvalue weighted by atomic mass is 10.0. The molecule has 1 aromatic rings. The van der Waals surface area contributed by atoms with E-state index in [-0.39, 0.29) is 29.7 Å². The van der Waals surface area contributed by atoms with Crippen LogP contribution in [0.25, 0.3) is 0 Å². The smallest absolute Gasteiger partial charge is 0.339 e. The van der Waals surface area contributed by atoms with Gasteiger partial charge in [0.25, 0.3) is 5.91 Å². The van der Waals surface area contributed by atoms with Crippen LogP contribution in [0.15, 0.2) is 18.2 Å². The number of hydrogen-bond acceptors (Lipinski definition) is 3. The average molecular weight is 380 g/mol. The number of nitrogens with zero attached hydrogens (tertiary/aromatic N) is 1. The minimum atomic E-state index is -4.60. The van der Waals surface area contributed by atoms with Gasteiger partial charge in [-0.2, -0.15) is 13.2 Å². The van der Waals surface area contributed by atoms with Crippen LogP contribution in [-0.2, 0) is 11.0 Å². The van der Waals surface area contributed by atoms with Gasteiger partial charge in [-0.25, -0.2) is 0 Å². The number of piperidine rings is 1. The van der Waals surface area contributed by atoms with Crippen LogP contribution in [-0.4, -0.2) is 42.9 Å². The van der Waals surface area contributed by atoms with E-state index in [1.165, 1.54) is 17.9 Å². The van der Waals surface area contributed by atoms with Gasteiger partial charge in [-0.1, -0.05) is 0 Å². The van der Waals surface area contributed by atoms with Crippen molar-refractivity contribution in [2.24, 2.45) is 0 Å². The zero-order valence-corrected chi connectivity index (χ0v) is 14.8. The van der Waals surface area contributed by atoms with Crippen molar-refractivity contribution in [3.05, 3.63) is 29.3 Å². The zero-order chi connectivity index (χ0) is 17.9. The van der Waals surface area contributed by atoms with Crippen molar-refractivity contribution in [1.82, 2.24) is 10.2 Å². The predicted molar refractivity (Wildman–Crippen MR) is 91.0 cm³/mol.